The molecule has 9 heteroatoms. The molecule has 396 valence electrons. The van der Waals surface area contributed by atoms with Crippen molar-refractivity contribution in [3.05, 3.63) is 302 Å². The first-order valence-corrected chi connectivity index (χ1v) is 27.3. The molecule has 1 aliphatic heterocycles. The standard InChI is InChI=1S/C69H72N6O3/c1-46-34-55-40-70-61(49-22-10-4-11-23-49)63(51-26-14-6-15-27-51)72-42-57-36-47(2)38-59(68(57)77)44-74-65(53-30-18-8-19-31-53)66(54-32-20-9-21-33-54)75-45-60-39-48(3)37-58(69(60)78)43-73-64(52-28-16-7-17-29-52)62(50-24-12-5-13-25-50)71-41-56(35-46)67(55)76/h4-39,61-66,70-78H,40-45H2,1-3H3/t61-,62-,63?,64?,65-,66-/m0/s1. The van der Waals surface area contributed by atoms with Crippen LogP contribution in [0, 0.1) is 20.8 Å². The van der Waals surface area contributed by atoms with Gasteiger partial charge in [-0.15, -0.1) is 0 Å². The van der Waals surface area contributed by atoms with E-state index in [1.807, 2.05) is 36.4 Å². The van der Waals surface area contributed by atoms with Gasteiger partial charge in [-0.25, -0.2) is 0 Å². The smallest absolute Gasteiger partial charge is 0.124 e. The summed E-state index contributed by atoms with van der Waals surface area (Å²) in [6, 6.07) is 73.8. The van der Waals surface area contributed by atoms with Gasteiger partial charge >= 0.3 is 0 Å². The Hall–Kier alpha value is -7.86. The van der Waals surface area contributed by atoms with Crippen LogP contribution in [-0.4, -0.2) is 15.3 Å². The van der Waals surface area contributed by atoms with E-state index in [1.54, 1.807) is 0 Å². The summed E-state index contributed by atoms with van der Waals surface area (Å²) in [6.45, 7) is 8.56. The van der Waals surface area contributed by atoms with E-state index in [-0.39, 0.29) is 53.5 Å². The van der Waals surface area contributed by atoms with Gasteiger partial charge in [-0.2, -0.15) is 0 Å². The maximum atomic E-state index is 12.3. The number of aromatic hydroxyl groups is 3. The molecule has 78 heavy (non-hydrogen) atoms. The molecule has 0 aromatic heterocycles. The van der Waals surface area contributed by atoms with Crippen LogP contribution in [0.15, 0.2) is 218 Å². The lowest BCUT2D eigenvalue weighted by Crippen LogP contribution is -2.35. The minimum Gasteiger partial charge on any atom is -0.507 e. The monoisotopic (exact) mass is 1030 g/mol. The Morgan fingerprint density at radius 1 is 0.244 bits per heavy atom. The van der Waals surface area contributed by atoms with Crippen LogP contribution in [0.1, 0.15) is 120 Å². The number of aryl methyl sites for hydroxylation is 3. The Bertz CT molecular complexity index is 2780. The van der Waals surface area contributed by atoms with E-state index in [0.717, 1.165) is 83.5 Å². The molecule has 1 heterocycles. The molecule has 1 aliphatic rings. The second-order valence-corrected chi connectivity index (χ2v) is 20.9. The molecule has 9 N–H and O–H groups in total. The summed E-state index contributed by atoms with van der Waals surface area (Å²) < 4.78 is 0. The summed E-state index contributed by atoms with van der Waals surface area (Å²) in [4.78, 5) is 0. The molecule has 0 aliphatic carbocycles. The minimum absolute atomic E-state index is 0.241. The highest BCUT2D eigenvalue weighted by molar-refractivity contribution is 5.47. The Morgan fingerprint density at radius 3 is 0.526 bits per heavy atom. The molecule has 2 unspecified atom stereocenters. The van der Waals surface area contributed by atoms with E-state index >= 15 is 0 Å². The van der Waals surface area contributed by atoms with E-state index < -0.39 is 0 Å². The fourth-order valence-corrected chi connectivity index (χ4v) is 11.5. The van der Waals surface area contributed by atoms with E-state index in [4.69, 9.17) is 0 Å². The second-order valence-electron chi connectivity index (χ2n) is 20.9. The topological polar surface area (TPSA) is 133 Å². The van der Waals surface area contributed by atoms with Gasteiger partial charge in [0, 0.05) is 72.6 Å². The summed E-state index contributed by atoms with van der Waals surface area (Å²) >= 11 is 0. The molecule has 0 saturated heterocycles. The van der Waals surface area contributed by atoms with Gasteiger partial charge in [-0.05, 0) is 54.2 Å². The highest BCUT2D eigenvalue weighted by Crippen LogP contribution is 2.37. The Labute approximate surface area is 460 Å². The van der Waals surface area contributed by atoms with Crippen molar-refractivity contribution in [2.75, 3.05) is 0 Å². The minimum atomic E-state index is -0.247. The zero-order chi connectivity index (χ0) is 53.8. The molecule has 0 radical (unpaired) electrons. The predicted molar refractivity (Wildman–Crippen MR) is 315 cm³/mol. The average molecular weight is 1030 g/mol. The van der Waals surface area contributed by atoms with Crippen molar-refractivity contribution in [2.24, 2.45) is 0 Å². The number of hydrogen-bond acceptors (Lipinski definition) is 9. The van der Waals surface area contributed by atoms with Crippen molar-refractivity contribution >= 4 is 0 Å². The number of benzene rings is 9. The number of hydrogen-bond donors (Lipinski definition) is 9. The molecule has 9 aromatic carbocycles. The molecule has 6 atom stereocenters. The van der Waals surface area contributed by atoms with Gasteiger partial charge in [0.15, 0.2) is 0 Å². The number of phenolic OH excluding ortho intramolecular Hbond substituents is 3. The zero-order valence-electron chi connectivity index (χ0n) is 44.8. The third-order valence-corrected chi connectivity index (χ3v) is 15.3. The van der Waals surface area contributed by atoms with Gasteiger partial charge in [-0.3, -0.25) is 0 Å². The summed E-state index contributed by atoms with van der Waals surface area (Å²) in [5.74, 6) is 0.724. The highest BCUT2D eigenvalue weighted by Gasteiger charge is 2.30. The van der Waals surface area contributed by atoms with E-state index in [9.17, 15) is 15.3 Å². The van der Waals surface area contributed by atoms with Crippen LogP contribution < -0.4 is 31.9 Å². The third kappa shape index (κ3) is 12.9. The molecule has 0 saturated carbocycles. The number of rotatable bonds is 6. The van der Waals surface area contributed by atoms with Crippen molar-refractivity contribution < 1.29 is 15.3 Å². The van der Waals surface area contributed by atoms with E-state index in [2.05, 4.69) is 235 Å². The van der Waals surface area contributed by atoms with Crippen LogP contribution in [0.5, 0.6) is 17.2 Å². The van der Waals surface area contributed by atoms with Crippen LogP contribution in [0.2, 0.25) is 0 Å². The maximum absolute atomic E-state index is 12.3. The summed E-state index contributed by atoms with van der Waals surface area (Å²) in [7, 11) is 0. The first-order chi connectivity index (χ1) is 38.2. The second kappa shape index (κ2) is 25.5. The zero-order valence-corrected chi connectivity index (χ0v) is 44.8. The third-order valence-electron chi connectivity index (χ3n) is 15.3. The lowest BCUT2D eigenvalue weighted by Gasteiger charge is -2.31. The summed E-state index contributed by atoms with van der Waals surface area (Å²) in [6.07, 6.45) is 0. The number of fused-ring (bicyclic) bond motifs is 6. The Kier molecular flexibility index (Phi) is 17.5. The van der Waals surface area contributed by atoms with Gasteiger partial charge < -0.3 is 47.2 Å². The van der Waals surface area contributed by atoms with Gasteiger partial charge in [0.05, 0.1) is 36.3 Å². The van der Waals surface area contributed by atoms with Crippen LogP contribution in [0.3, 0.4) is 0 Å². The lowest BCUT2D eigenvalue weighted by molar-refractivity contribution is 0.367. The van der Waals surface area contributed by atoms with Crippen molar-refractivity contribution in [3.63, 3.8) is 0 Å². The van der Waals surface area contributed by atoms with Gasteiger partial charge in [0.2, 0.25) is 0 Å². The van der Waals surface area contributed by atoms with Crippen molar-refractivity contribution in [1.82, 2.24) is 31.9 Å². The number of phenols is 3. The normalized spacial score (nSPS) is 20.0. The molecular formula is C69H72N6O3. The van der Waals surface area contributed by atoms with Crippen LogP contribution in [-0.2, 0) is 39.3 Å². The molecule has 9 aromatic rings. The molecule has 0 amide bonds. The largest absolute Gasteiger partial charge is 0.507 e. The molecule has 10 rings (SSSR count). The maximum Gasteiger partial charge on any atom is 0.124 e. The molecule has 6 bridgehead atoms. The quantitative estimate of drug-likeness (QED) is 0.0799. The SMILES string of the molecule is Cc1cc2c(O)c(c1)CN[C@@H](c1ccccc1)C(c1ccccc1)NCc1cc(C)cc(c1O)CN[C@@H](c1ccccc1)[C@H](c1ccccc1)NCc1cc(C)cc(c1O)CNC(c1ccccc1)[C@H](c1ccccc1)NC2. The lowest BCUT2D eigenvalue weighted by atomic mass is 9.92. The first kappa shape index (κ1) is 53.5. The van der Waals surface area contributed by atoms with Crippen LogP contribution >= 0.6 is 0 Å². The Balaban J connectivity index is 1.09. The summed E-state index contributed by atoms with van der Waals surface area (Å²) in [5, 5.41) is 60.5. The summed E-state index contributed by atoms with van der Waals surface area (Å²) in [5.41, 5.74) is 14.4. The van der Waals surface area contributed by atoms with Crippen LogP contribution in [0.25, 0.3) is 0 Å². The predicted octanol–water partition coefficient (Wildman–Crippen LogP) is 13.1. The van der Waals surface area contributed by atoms with Gasteiger partial charge in [0.1, 0.15) is 17.2 Å². The first-order valence-electron chi connectivity index (χ1n) is 27.3. The fraction of sp³-hybridized carbons (Fsp3) is 0.217. The van der Waals surface area contributed by atoms with E-state index in [1.165, 1.54) is 0 Å². The van der Waals surface area contributed by atoms with Crippen LogP contribution in [0.4, 0.5) is 0 Å². The molecule has 9 nitrogen and oxygen atoms in total. The van der Waals surface area contributed by atoms with Gasteiger partial charge in [0.25, 0.3) is 0 Å². The highest BCUT2D eigenvalue weighted by atomic mass is 16.3. The average Bonchev–Trinajstić information content (AvgIpc) is 3.51. The van der Waals surface area contributed by atoms with Crippen molar-refractivity contribution in [3.8, 4) is 17.2 Å². The fourth-order valence-electron chi connectivity index (χ4n) is 11.5. The molecule has 0 spiro atoms. The molecule has 0 fully saturated rings. The van der Waals surface area contributed by atoms with Crippen molar-refractivity contribution in [2.45, 2.75) is 96.3 Å². The molecular weight excluding hydrogens is 961 g/mol. The van der Waals surface area contributed by atoms with E-state index in [0.29, 0.717) is 39.3 Å². The number of nitrogens with one attached hydrogen (secondary N) is 6. The Morgan fingerprint density at radius 2 is 0.385 bits per heavy atom. The van der Waals surface area contributed by atoms with Gasteiger partial charge in [-0.1, -0.05) is 235 Å². The van der Waals surface area contributed by atoms with Crippen molar-refractivity contribution in [1.29, 1.82) is 0 Å².